The van der Waals surface area contributed by atoms with E-state index in [1.807, 2.05) is 11.3 Å². The highest BCUT2D eigenvalue weighted by atomic mass is 32.1. The minimum absolute atomic E-state index is 0.997. The summed E-state index contributed by atoms with van der Waals surface area (Å²) in [5, 5.41) is 6.60. The average Bonchev–Trinajstić information content (AvgIpc) is 3.59. The topological polar surface area (TPSA) is 17.8 Å². The molecule has 0 saturated carbocycles. The first-order valence-corrected chi connectivity index (χ1v) is 15.4. The molecular formula is C39H24N2S. The quantitative estimate of drug-likeness (QED) is 0.209. The summed E-state index contributed by atoms with van der Waals surface area (Å²) in [6.07, 6.45) is 9.13. The van der Waals surface area contributed by atoms with Crippen molar-refractivity contribution < 1.29 is 0 Å². The lowest BCUT2D eigenvalue weighted by Gasteiger charge is -2.26. The highest BCUT2D eigenvalue weighted by Crippen LogP contribution is 2.47. The molecule has 0 amide bonds. The first kappa shape index (κ1) is 22.7. The van der Waals surface area contributed by atoms with Gasteiger partial charge in [0.05, 0.1) is 27.9 Å². The summed E-state index contributed by atoms with van der Waals surface area (Å²) in [5.74, 6) is 0. The summed E-state index contributed by atoms with van der Waals surface area (Å²) in [6.45, 7) is 0. The number of aromatic nitrogens is 2. The van der Waals surface area contributed by atoms with E-state index in [1.165, 1.54) is 69.8 Å². The number of pyridine rings is 1. The SMILES string of the molecule is C1=Cc2c(-n3c4ccc(-c5ccccc5)nc4c4c5sc6ccccc6c5ccc43)cc3cccc4c3c2C(=CC4)C1. The Morgan fingerprint density at radius 3 is 2.55 bits per heavy atom. The summed E-state index contributed by atoms with van der Waals surface area (Å²) in [7, 11) is 0. The van der Waals surface area contributed by atoms with E-state index in [-0.39, 0.29) is 0 Å². The first-order valence-electron chi connectivity index (χ1n) is 14.6. The Morgan fingerprint density at radius 2 is 1.60 bits per heavy atom. The monoisotopic (exact) mass is 552 g/mol. The third-order valence-corrected chi connectivity index (χ3v) is 10.4. The van der Waals surface area contributed by atoms with E-state index in [0.717, 1.165) is 35.1 Å². The minimum atomic E-state index is 0.997. The van der Waals surface area contributed by atoms with Gasteiger partial charge in [-0.2, -0.15) is 0 Å². The van der Waals surface area contributed by atoms with Crippen LogP contribution in [-0.4, -0.2) is 9.55 Å². The van der Waals surface area contributed by atoms with E-state index < -0.39 is 0 Å². The van der Waals surface area contributed by atoms with Crippen LogP contribution in [0.3, 0.4) is 0 Å². The van der Waals surface area contributed by atoms with E-state index in [1.54, 1.807) is 0 Å². The van der Waals surface area contributed by atoms with Crippen LogP contribution in [0.15, 0.2) is 115 Å². The third kappa shape index (κ3) is 2.96. The number of benzene rings is 5. The van der Waals surface area contributed by atoms with Crippen molar-refractivity contribution in [2.75, 3.05) is 0 Å². The molecule has 0 radical (unpaired) electrons. The number of nitrogens with zero attached hydrogens (tertiary/aromatic N) is 2. The van der Waals surface area contributed by atoms with Gasteiger partial charge in [-0.05, 0) is 70.6 Å². The summed E-state index contributed by atoms with van der Waals surface area (Å²) in [5.41, 5.74) is 12.4. The molecule has 0 fully saturated rings. The summed E-state index contributed by atoms with van der Waals surface area (Å²) < 4.78 is 5.11. The minimum Gasteiger partial charge on any atom is -0.307 e. The molecule has 0 saturated heterocycles. The summed E-state index contributed by atoms with van der Waals surface area (Å²) >= 11 is 1.88. The van der Waals surface area contributed by atoms with Crippen molar-refractivity contribution in [3.05, 3.63) is 132 Å². The third-order valence-electron chi connectivity index (χ3n) is 9.21. The number of fused-ring (bicyclic) bond motifs is 7. The van der Waals surface area contributed by atoms with E-state index >= 15 is 0 Å². The van der Waals surface area contributed by atoms with Crippen molar-refractivity contribution in [1.82, 2.24) is 9.55 Å². The molecule has 3 heterocycles. The molecule has 5 aromatic carbocycles. The molecule has 0 bridgehead atoms. The van der Waals surface area contributed by atoms with Crippen LogP contribution in [0.2, 0.25) is 0 Å². The molecule has 3 heteroatoms. The maximum absolute atomic E-state index is 5.41. The van der Waals surface area contributed by atoms with Gasteiger partial charge in [0.15, 0.2) is 0 Å². The predicted molar refractivity (Wildman–Crippen MR) is 180 cm³/mol. The van der Waals surface area contributed by atoms with Gasteiger partial charge in [-0.25, -0.2) is 4.98 Å². The zero-order valence-electron chi connectivity index (χ0n) is 22.8. The van der Waals surface area contributed by atoms with E-state index in [9.17, 15) is 0 Å². The van der Waals surface area contributed by atoms with Gasteiger partial charge in [-0.1, -0.05) is 91.0 Å². The zero-order chi connectivity index (χ0) is 27.4. The number of hydrogen-bond donors (Lipinski definition) is 0. The number of hydrogen-bond acceptors (Lipinski definition) is 2. The van der Waals surface area contributed by atoms with Gasteiger partial charge < -0.3 is 4.57 Å². The molecule has 196 valence electrons. The Bertz CT molecular complexity index is 2510. The molecule has 0 N–H and O–H groups in total. The van der Waals surface area contributed by atoms with Crippen LogP contribution in [0.4, 0.5) is 0 Å². The average molecular weight is 553 g/mol. The lowest BCUT2D eigenvalue weighted by atomic mass is 9.80. The molecule has 2 aliphatic rings. The van der Waals surface area contributed by atoms with Crippen LogP contribution in [0.25, 0.3) is 81.5 Å². The molecule has 0 unspecified atom stereocenters. The van der Waals surface area contributed by atoms with E-state index in [2.05, 4.69) is 126 Å². The number of rotatable bonds is 2. The molecule has 0 spiro atoms. The van der Waals surface area contributed by atoms with Gasteiger partial charge in [0.1, 0.15) is 0 Å². The van der Waals surface area contributed by atoms with Crippen molar-refractivity contribution in [3.63, 3.8) is 0 Å². The van der Waals surface area contributed by atoms with Crippen LogP contribution in [-0.2, 0) is 6.42 Å². The smallest absolute Gasteiger partial charge is 0.0985 e. The normalized spacial score (nSPS) is 14.0. The molecule has 0 aliphatic heterocycles. The standard InChI is InChI=1S/C39H24N2S/c1-2-8-23(9-3-1)30-19-21-32-38(40-30)37-31(20-18-28-27-13-4-5-15-34(27)42-39(28)37)41(32)33-22-26-12-6-10-24-16-17-25-11-7-14-29(33)36(25)35(24)26/h1-10,12-15,17-22H,11,16H2. The van der Waals surface area contributed by atoms with Crippen molar-refractivity contribution in [2.45, 2.75) is 12.8 Å². The van der Waals surface area contributed by atoms with Gasteiger partial charge in [0, 0.05) is 36.7 Å². The summed E-state index contributed by atoms with van der Waals surface area (Å²) in [4.78, 5) is 5.41. The fourth-order valence-electron chi connectivity index (χ4n) is 7.38. The Morgan fingerprint density at radius 1 is 0.714 bits per heavy atom. The molecular weight excluding hydrogens is 529 g/mol. The van der Waals surface area contributed by atoms with Crippen molar-refractivity contribution in [3.8, 4) is 16.9 Å². The first-order chi connectivity index (χ1) is 20.8. The highest BCUT2D eigenvalue weighted by molar-refractivity contribution is 7.26. The highest BCUT2D eigenvalue weighted by Gasteiger charge is 2.26. The Kier molecular flexibility index (Phi) is 4.47. The second-order valence-electron chi connectivity index (χ2n) is 11.4. The summed E-state index contributed by atoms with van der Waals surface area (Å²) in [6, 6.07) is 37.6. The molecule has 42 heavy (non-hydrogen) atoms. The maximum atomic E-state index is 5.41. The Balaban J connectivity index is 1.39. The second-order valence-corrected chi connectivity index (χ2v) is 12.5. The molecule has 2 aliphatic carbocycles. The van der Waals surface area contributed by atoms with Crippen LogP contribution in [0.1, 0.15) is 23.1 Å². The molecule has 8 aromatic rings. The lowest BCUT2D eigenvalue weighted by molar-refractivity contribution is 1.15. The van der Waals surface area contributed by atoms with Crippen molar-refractivity contribution >= 4 is 75.9 Å². The number of allylic oxidation sites excluding steroid dienone is 3. The largest absolute Gasteiger partial charge is 0.307 e. The zero-order valence-corrected chi connectivity index (χ0v) is 23.6. The van der Waals surface area contributed by atoms with E-state index in [4.69, 9.17) is 4.98 Å². The van der Waals surface area contributed by atoms with Gasteiger partial charge in [0.25, 0.3) is 0 Å². The fraction of sp³-hybridized carbons (Fsp3) is 0.0513. The van der Waals surface area contributed by atoms with Crippen molar-refractivity contribution in [2.24, 2.45) is 0 Å². The fourth-order valence-corrected chi connectivity index (χ4v) is 8.63. The van der Waals surface area contributed by atoms with Gasteiger partial charge in [-0.15, -0.1) is 11.3 Å². The van der Waals surface area contributed by atoms with Crippen LogP contribution >= 0.6 is 11.3 Å². The van der Waals surface area contributed by atoms with Gasteiger partial charge >= 0.3 is 0 Å². The van der Waals surface area contributed by atoms with Crippen LogP contribution in [0.5, 0.6) is 0 Å². The lowest BCUT2D eigenvalue weighted by Crippen LogP contribution is -2.07. The van der Waals surface area contributed by atoms with Gasteiger partial charge in [0.2, 0.25) is 0 Å². The maximum Gasteiger partial charge on any atom is 0.0985 e. The van der Waals surface area contributed by atoms with Crippen LogP contribution < -0.4 is 0 Å². The van der Waals surface area contributed by atoms with Crippen molar-refractivity contribution in [1.29, 1.82) is 0 Å². The van der Waals surface area contributed by atoms with Crippen LogP contribution in [0, 0.1) is 0 Å². The molecule has 10 rings (SSSR count). The predicted octanol–water partition coefficient (Wildman–Crippen LogP) is 10.7. The molecule has 2 nitrogen and oxygen atoms in total. The Labute approximate surface area is 246 Å². The van der Waals surface area contributed by atoms with E-state index in [0.29, 0.717) is 0 Å². The van der Waals surface area contributed by atoms with Gasteiger partial charge in [-0.3, -0.25) is 0 Å². The molecule has 0 atom stereocenters. The molecule has 3 aromatic heterocycles. The number of thiophene rings is 1. The second kappa shape index (κ2) is 8.28. The Hall–Kier alpha value is -4.99.